The molecule has 0 saturated heterocycles. The molecule has 0 unspecified atom stereocenters. The fourth-order valence-corrected chi connectivity index (χ4v) is 3.20. The summed E-state index contributed by atoms with van der Waals surface area (Å²) in [4.78, 5) is 4.17. The van der Waals surface area contributed by atoms with Crippen molar-refractivity contribution in [3.63, 3.8) is 0 Å². The highest BCUT2D eigenvalue weighted by molar-refractivity contribution is 7.89. The fourth-order valence-electron chi connectivity index (χ4n) is 1.91. The number of hydrogen-bond acceptors (Lipinski definition) is 5. The van der Waals surface area contributed by atoms with Crippen molar-refractivity contribution in [3.8, 4) is 0 Å². The monoisotopic (exact) mass is 308 g/mol. The van der Waals surface area contributed by atoms with Gasteiger partial charge in [0.25, 0.3) is 0 Å². The average molecular weight is 308 g/mol. The van der Waals surface area contributed by atoms with Gasteiger partial charge in [-0.25, -0.2) is 8.42 Å². The molecule has 0 bridgehead atoms. The zero-order valence-corrected chi connectivity index (χ0v) is 13.6. The predicted octanol–water partition coefficient (Wildman–Crippen LogP) is 2.79. The van der Waals surface area contributed by atoms with Gasteiger partial charge in [0.05, 0.1) is 5.75 Å². The van der Waals surface area contributed by atoms with Crippen LogP contribution in [0.25, 0.3) is 0 Å². The molecule has 0 spiro atoms. The first kappa shape index (κ1) is 15.7. The molecule has 0 amide bonds. The van der Waals surface area contributed by atoms with E-state index in [1.54, 1.807) is 6.07 Å². The van der Waals surface area contributed by atoms with E-state index in [-0.39, 0.29) is 22.8 Å². The third-order valence-electron chi connectivity index (χ3n) is 2.95. The van der Waals surface area contributed by atoms with Crippen molar-refractivity contribution in [1.82, 2.24) is 10.1 Å². The second kappa shape index (κ2) is 5.60. The van der Waals surface area contributed by atoms with E-state index in [2.05, 4.69) is 10.1 Å². The third kappa shape index (κ3) is 4.39. The van der Waals surface area contributed by atoms with Crippen LogP contribution in [0.1, 0.15) is 43.6 Å². The largest absolute Gasteiger partial charge is 0.338 e. The lowest BCUT2D eigenvalue weighted by atomic mass is 9.96. The van der Waals surface area contributed by atoms with Crippen LogP contribution in [-0.4, -0.2) is 18.6 Å². The maximum Gasteiger partial charge on any atom is 0.241 e. The molecule has 21 heavy (non-hydrogen) atoms. The van der Waals surface area contributed by atoms with Gasteiger partial charge in [-0.1, -0.05) is 55.8 Å². The van der Waals surface area contributed by atoms with Gasteiger partial charge in [0, 0.05) is 5.41 Å². The highest BCUT2D eigenvalue weighted by atomic mass is 32.2. The van der Waals surface area contributed by atoms with Gasteiger partial charge in [0.15, 0.2) is 15.7 Å². The van der Waals surface area contributed by atoms with Gasteiger partial charge in [-0.05, 0) is 12.5 Å². The van der Waals surface area contributed by atoms with Crippen molar-refractivity contribution in [3.05, 3.63) is 47.1 Å². The summed E-state index contributed by atoms with van der Waals surface area (Å²) in [6, 6.07) is 7.46. The van der Waals surface area contributed by atoms with E-state index < -0.39 is 9.84 Å². The van der Waals surface area contributed by atoms with Gasteiger partial charge in [0.1, 0.15) is 5.75 Å². The van der Waals surface area contributed by atoms with E-state index in [9.17, 15) is 8.42 Å². The van der Waals surface area contributed by atoms with Crippen molar-refractivity contribution in [2.24, 2.45) is 0 Å². The second-order valence-electron chi connectivity index (χ2n) is 6.28. The van der Waals surface area contributed by atoms with Crippen molar-refractivity contribution < 1.29 is 12.9 Å². The summed E-state index contributed by atoms with van der Waals surface area (Å²) in [5.74, 6) is 0.405. The summed E-state index contributed by atoms with van der Waals surface area (Å²) in [5, 5.41) is 3.84. The van der Waals surface area contributed by atoms with Gasteiger partial charge < -0.3 is 4.52 Å². The van der Waals surface area contributed by atoms with E-state index in [0.717, 1.165) is 11.1 Å². The molecule has 1 aromatic heterocycles. The Morgan fingerprint density at radius 3 is 2.48 bits per heavy atom. The molecule has 5 nitrogen and oxygen atoms in total. The first-order valence-corrected chi connectivity index (χ1v) is 8.57. The Labute approximate surface area is 125 Å². The molecular formula is C15H20N2O3S. The lowest BCUT2D eigenvalue weighted by Gasteiger charge is -2.10. The normalized spacial score (nSPS) is 12.6. The number of benzene rings is 1. The van der Waals surface area contributed by atoms with Crippen LogP contribution in [0.3, 0.4) is 0 Å². The van der Waals surface area contributed by atoms with Crippen LogP contribution in [0.5, 0.6) is 0 Å². The maximum atomic E-state index is 12.2. The molecule has 0 fully saturated rings. The van der Waals surface area contributed by atoms with E-state index >= 15 is 0 Å². The lowest BCUT2D eigenvalue weighted by Crippen LogP contribution is -2.14. The third-order valence-corrected chi connectivity index (χ3v) is 4.41. The molecule has 0 atom stereocenters. The highest BCUT2D eigenvalue weighted by Gasteiger charge is 2.23. The standard InChI is InChI=1S/C15H20N2O3S/c1-11-6-5-7-12(8-11)9-21(18,19)10-13-16-14(17-20-13)15(2,3)4/h5-8H,9-10H2,1-4H3. The Bertz CT molecular complexity index is 727. The van der Waals surface area contributed by atoms with Gasteiger partial charge in [-0.3, -0.25) is 0 Å². The molecule has 0 radical (unpaired) electrons. The Morgan fingerprint density at radius 2 is 1.90 bits per heavy atom. The van der Waals surface area contributed by atoms with Crippen molar-refractivity contribution in [2.75, 3.05) is 0 Å². The molecule has 1 aromatic carbocycles. The molecular weight excluding hydrogens is 288 g/mol. The molecule has 1 heterocycles. The van der Waals surface area contributed by atoms with Crippen LogP contribution in [0, 0.1) is 6.92 Å². The van der Waals surface area contributed by atoms with Crippen molar-refractivity contribution in [2.45, 2.75) is 44.6 Å². The number of nitrogens with zero attached hydrogens (tertiary/aromatic N) is 2. The van der Waals surface area contributed by atoms with Crippen LogP contribution >= 0.6 is 0 Å². The number of sulfone groups is 1. The number of hydrogen-bond donors (Lipinski definition) is 0. The Hall–Kier alpha value is -1.69. The SMILES string of the molecule is Cc1cccc(CS(=O)(=O)Cc2nc(C(C)(C)C)no2)c1. The topological polar surface area (TPSA) is 73.1 Å². The summed E-state index contributed by atoms with van der Waals surface area (Å²) in [7, 11) is -3.33. The van der Waals surface area contributed by atoms with E-state index in [1.165, 1.54) is 0 Å². The van der Waals surface area contributed by atoms with Crippen LogP contribution in [0.2, 0.25) is 0 Å². The van der Waals surface area contributed by atoms with Gasteiger partial charge in [-0.2, -0.15) is 4.98 Å². The number of aromatic nitrogens is 2. The first-order valence-electron chi connectivity index (χ1n) is 6.75. The molecule has 114 valence electrons. The quantitative estimate of drug-likeness (QED) is 0.868. The first-order chi connectivity index (χ1) is 9.66. The molecule has 2 aromatic rings. The highest BCUT2D eigenvalue weighted by Crippen LogP contribution is 2.20. The number of aryl methyl sites for hydroxylation is 1. The van der Waals surface area contributed by atoms with Crippen LogP contribution in [0.4, 0.5) is 0 Å². The Morgan fingerprint density at radius 1 is 1.19 bits per heavy atom. The minimum absolute atomic E-state index is 0.0259. The minimum atomic E-state index is -3.33. The molecule has 2 rings (SSSR count). The zero-order valence-electron chi connectivity index (χ0n) is 12.8. The summed E-state index contributed by atoms with van der Waals surface area (Å²) < 4.78 is 29.5. The Kier molecular flexibility index (Phi) is 4.18. The zero-order chi connectivity index (χ0) is 15.7. The Balaban J connectivity index is 2.13. The second-order valence-corrected chi connectivity index (χ2v) is 8.35. The summed E-state index contributed by atoms with van der Waals surface area (Å²) in [6.45, 7) is 7.78. The van der Waals surface area contributed by atoms with E-state index in [1.807, 2.05) is 45.9 Å². The smallest absolute Gasteiger partial charge is 0.241 e. The molecule has 0 N–H and O–H groups in total. The summed E-state index contributed by atoms with van der Waals surface area (Å²) in [5.41, 5.74) is 1.54. The van der Waals surface area contributed by atoms with Gasteiger partial charge in [-0.15, -0.1) is 0 Å². The van der Waals surface area contributed by atoms with Crippen molar-refractivity contribution in [1.29, 1.82) is 0 Å². The van der Waals surface area contributed by atoms with Crippen molar-refractivity contribution >= 4 is 9.84 Å². The minimum Gasteiger partial charge on any atom is -0.338 e. The summed E-state index contributed by atoms with van der Waals surface area (Å²) >= 11 is 0. The van der Waals surface area contributed by atoms with E-state index in [4.69, 9.17) is 4.52 Å². The molecule has 0 saturated carbocycles. The molecule has 0 aliphatic rings. The fraction of sp³-hybridized carbons (Fsp3) is 0.467. The maximum absolute atomic E-state index is 12.2. The van der Waals surface area contributed by atoms with Gasteiger partial charge >= 0.3 is 0 Å². The molecule has 0 aliphatic carbocycles. The van der Waals surface area contributed by atoms with E-state index in [0.29, 0.717) is 5.82 Å². The molecule has 0 aliphatic heterocycles. The molecule has 6 heteroatoms. The van der Waals surface area contributed by atoms with Crippen LogP contribution in [0.15, 0.2) is 28.8 Å². The average Bonchev–Trinajstić information content (AvgIpc) is 2.75. The lowest BCUT2D eigenvalue weighted by molar-refractivity contribution is 0.371. The summed E-state index contributed by atoms with van der Waals surface area (Å²) in [6.07, 6.45) is 0. The van der Waals surface area contributed by atoms with Crippen LogP contribution < -0.4 is 0 Å². The predicted molar refractivity (Wildman–Crippen MR) is 80.5 cm³/mol. The van der Waals surface area contributed by atoms with Crippen LogP contribution in [-0.2, 0) is 26.8 Å². The number of rotatable bonds is 4. The van der Waals surface area contributed by atoms with Gasteiger partial charge in [0.2, 0.25) is 5.89 Å².